The largest absolute Gasteiger partial charge is 0.342 e. The number of benzene rings is 1. The lowest BCUT2D eigenvalue weighted by atomic mass is 10.1. The van der Waals surface area contributed by atoms with E-state index in [0.717, 1.165) is 45.8 Å². The van der Waals surface area contributed by atoms with E-state index in [-0.39, 0.29) is 32.6 Å². The van der Waals surface area contributed by atoms with Gasteiger partial charge >= 0.3 is 0 Å². The van der Waals surface area contributed by atoms with Crippen LogP contribution in [0.2, 0.25) is 0 Å². The van der Waals surface area contributed by atoms with Crippen molar-refractivity contribution in [1.29, 1.82) is 0 Å². The first kappa shape index (κ1) is 29.1. The molecular weight excluding hydrogens is 386 g/mol. The number of rotatable bonds is 4. The van der Waals surface area contributed by atoms with E-state index < -0.39 is 0 Å². The normalized spacial score (nSPS) is 16.7. The summed E-state index contributed by atoms with van der Waals surface area (Å²) in [5, 5.41) is 0. The minimum absolute atomic E-state index is 0. The zero-order valence-electron chi connectivity index (χ0n) is 18.8. The molecule has 0 radical (unpaired) electrons. The molecule has 2 saturated heterocycles. The maximum atomic E-state index is 11.9. The second-order valence-corrected chi connectivity index (χ2v) is 8.78. The quantitative estimate of drug-likeness (QED) is 0.677. The minimum atomic E-state index is 0. The summed E-state index contributed by atoms with van der Waals surface area (Å²) in [4.78, 5) is 29.7. The Hall–Kier alpha value is -1.88. The number of piperidine rings is 1. The van der Waals surface area contributed by atoms with Gasteiger partial charge in [-0.1, -0.05) is 72.9 Å². The number of hydrogen-bond donors (Lipinski definition) is 0. The van der Waals surface area contributed by atoms with Crippen molar-refractivity contribution in [3.8, 4) is 0 Å². The van der Waals surface area contributed by atoms with E-state index in [4.69, 9.17) is 0 Å². The minimum Gasteiger partial charge on any atom is -0.342 e. The third-order valence-electron chi connectivity index (χ3n) is 5.59. The van der Waals surface area contributed by atoms with E-state index in [9.17, 15) is 9.59 Å². The third kappa shape index (κ3) is 9.86. The van der Waals surface area contributed by atoms with Crippen LogP contribution in [0.25, 0.3) is 0 Å². The van der Waals surface area contributed by atoms with Crippen molar-refractivity contribution in [2.24, 2.45) is 11.8 Å². The zero-order valence-corrected chi connectivity index (χ0v) is 18.8. The molecule has 2 aliphatic heterocycles. The summed E-state index contributed by atoms with van der Waals surface area (Å²) in [6.45, 7) is 14.5. The van der Waals surface area contributed by atoms with Gasteiger partial charge in [-0.2, -0.15) is 0 Å². The predicted molar refractivity (Wildman–Crippen MR) is 132 cm³/mol. The van der Waals surface area contributed by atoms with Crippen molar-refractivity contribution in [2.75, 3.05) is 39.3 Å². The van der Waals surface area contributed by atoms with Crippen molar-refractivity contribution in [3.63, 3.8) is 0 Å². The van der Waals surface area contributed by atoms with Gasteiger partial charge in [0, 0.05) is 57.6 Å². The van der Waals surface area contributed by atoms with Gasteiger partial charge in [0.05, 0.1) is 0 Å². The zero-order chi connectivity index (χ0) is 21.2. The summed E-state index contributed by atoms with van der Waals surface area (Å²) >= 11 is 0. The van der Waals surface area contributed by atoms with Crippen LogP contribution < -0.4 is 0 Å². The highest BCUT2D eigenvalue weighted by atomic mass is 16.2. The molecule has 0 aliphatic carbocycles. The molecule has 0 N–H and O–H groups in total. The predicted octanol–water partition coefficient (Wildman–Crippen LogP) is 4.91. The molecule has 2 heterocycles. The summed E-state index contributed by atoms with van der Waals surface area (Å²) in [6, 6.07) is 10.5. The molecule has 5 nitrogen and oxygen atoms in total. The molecule has 0 bridgehead atoms. The van der Waals surface area contributed by atoms with Gasteiger partial charge in [-0.05, 0) is 24.8 Å². The van der Waals surface area contributed by atoms with Crippen LogP contribution >= 0.6 is 0 Å². The molecule has 0 aromatic heterocycles. The number of likely N-dealkylation sites (tertiary alicyclic amines) is 1. The Labute approximate surface area is 191 Å². The smallest absolute Gasteiger partial charge is 0.225 e. The van der Waals surface area contributed by atoms with Crippen molar-refractivity contribution in [1.82, 2.24) is 14.7 Å². The average molecular weight is 434 g/mol. The average Bonchev–Trinajstić information content (AvgIpc) is 2.75. The number of carbonyl (C=O) groups excluding carboxylic acids is 2. The molecule has 0 unspecified atom stereocenters. The Balaban J connectivity index is 0.000000603. The molecule has 2 aliphatic rings. The summed E-state index contributed by atoms with van der Waals surface area (Å²) < 4.78 is 0. The second-order valence-electron chi connectivity index (χ2n) is 8.78. The van der Waals surface area contributed by atoms with E-state index in [1.165, 1.54) is 24.8 Å². The lowest BCUT2D eigenvalue weighted by molar-refractivity contribution is -0.136. The molecule has 0 spiro atoms. The van der Waals surface area contributed by atoms with Gasteiger partial charge in [0.2, 0.25) is 11.8 Å². The molecule has 1 aromatic carbocycles. The van der Waals surface area contributed by atoms with Crippen molar-refractivity contribution >= 4 is 11.8 Å². The van der Waals surface area contributed by atoms with Crippen LogP contribution in [0.5, 0.6) is 0 Å². The fourth-order valence-electron chi connectivity index (χ4n) is 3.81. The number of amides is 2. The molecule has 0 saturated carbocycles. The lowest BCUT2D eigenvalue weighted by Gasteiger charge is -2.35. The van der Waals surface area contributed by atoms with E-state index >= 15 is 0 Å². The lowest BCUT2D eigenvalue weighted by Crippen LogP contribution is -2.49. The molecule has 2 fully saturated rings. The third-order valence-corrected chi connectivity index (χ3v) is 5.59. The first-order valence-electron chi connectivity index (χ1n) is 11.2. The molecular formula is C26H47N3O2. The maximum absolute atomic E-state index is 11.9. The van der Waals surface area contributed by atoms with Crippen molar-refractivity contribution in [3.05, 3.63) is 35.9 Å². The summed E-state index contributed by atoms with van der Waals surface area (Å²) in [7, 11) is 0. The van der Waals surface area contributed by atoms with Gasteiger partial charge in [-0.3, -0.25) is 14.5 Å². The molecule has 1 aromatic rings. The SMILES string of the molecule is C.C.CC(C)C(=O)N1CCCCC1.CC(C)C(=O)N1CCN(Cc2ccccc2)CC1. The molecule has 3 rings (SSSR count). The monoisotopic (exact) mass is 433 g/mol. The standard InChI is InChI=1S/C15H22N2O.C9H17NO.2CH4/c1-13(2)15(18)17-10-8-16(9-11-17)12-14-6-4-3-5-7-14;1-8(2)9(11)10-6-4-3-5-7-10;;/h3-7,13H,8-12H2,1-2H3;8H,3-7H2,1-2H3;2*1H4. The van der Waals surface area contributed by atoms with Crippen LogP contribution in [0.15, 0.2) is 30.3 Å². The maximum Gasteiger partial charge on any atom is 0.225 e. The summed E-state index contributed by atoms with van der Waals surface area (Å²) in [6.07, 6.45) is 3.68. The number of hydrogen-bond acceptors (Lipinski definition) is 3. The van der Waals surface area contributed by atoms with Crippen molar-refractivity contribution in [2.45, 2.75) is 68.4 Å². The van der Waals surface area contributed by atoms with E-state index in [1.807, 2.05) is 43.6 Å². The fourth-order valence-corrected chi connectivity index (χ4v) is 3.81. The van der Waals surface area contributed by atoms with Crippen molar-refractivity contribution < 1.29 is 9.59 Å². The van der Waals surface area contributed by atoms with Crippen LogP contribution in [0.3, 0.4) is 0 Å². The van der Waals surface area contributed by atoms with E-state index in [2.05, 4.69) is 29.2 Å². The number of piperazine rings is 1. The Bertz CT molecular complexity index is 617. The van der Waals surface area contributed by atoms with Gasteiger partial charge < -0.3 is 9.80 Å². The highest BCUT2D eigenvalue weighted by molar-refractivity contribution is 5.78. The van der Waals surface area contributed by atoms with Crippen LogP contribution in [-0.2, 0) is 16.1 Å². The van der Waals surface area contributed by atoms with Crippen LogP contribution in [0.4, 0.5) is 0 Å². The first-order valence-corrected chi connectivity index (χ1v) is 11.2. The van der Waals surface area contributed by atoms with Crippen LogP contribution in [0, 0.1) is 11.8 Å². The second kappa shape index (κ2) is 15.0. The number of nitrogens with zero attached hydrogens (tertiary/aromatic N) is 3. The van der Waals surface area contributed by atoms with Gasteiger partial charge in [-0.15, -0.1) is 0 Å². The highest BCUT2D eigenvalue weighted by Crippen LogP contribution is 2.12. The topological polar surface area (TPSA) is 43.9 Å². The molecule has 2 amide bonds. The summed E-state index contributed by atoms with van der Waals surface area (Å²) in [5.41, 5.74) is 1.35. The number of carbonyl (C=O) groups is 2. The van der Waals surface area contributed by atoms with E-state index in [1.54, 1.807) is 0 Å². The van der Waals surface area contributed by atoms with Crippen LogP contribution in [-0.4, -0.2) is 65.8 Å². The van der Waals surface area contributed by atoms with Gasteiger partial charge in [0.1, 0.15) is 0 Å². The Morgan fingerprint density at radius 2 is 1.16 bits per heavy atom. The van der Waals surface area contributed by atoms with E-state index in [0.29, 0.717) is 5.91 Å². The first-order chi connectivity index (χ1) is 13.9. The Kier molecular flexibility index (Phi) is 14.1. The van der Waals surface area contributed by atoms with Gasteiger partial charge in [-0.25, -0.2) is 0 Å². The molecule has 0 atom stereocenters. The molecule has 178 valence electrons. The fraction of sp³-hybridized carbons (Fsp3) is 0.692. The highest BCUT2D eigenvalue weighted by Gasteiger charge is 2.22. The summed E-state index contributed by atoms with van der Waals surface area (Å²) in [5.74, 6) is 0.901. The Morgan fingerprint density at radius 3 is 1.61 bits per heavy atom. The van der Waals surface area contributed by atoms with Gasteiger partial charge in [0.25, 0.3) is 0 Å². The molecule has 5 heteroatoms. The van der Waals surface area contributed by atoms with Crippen LogP contribution in [0.1, 0.15) is 67.4 Å². The van der Waals surface area contributed by atoms with Gasteiger partial charge in [0.15, 0.2) is 0 Å². The molecule has 31 heavy (non-hydrogen) atoms. The Morgan fingerprint density at radius 1 is 0.710 bits per heavy atom.